The summed E-state index contributed by atoms with van der Waals surface area (Å²) in [5.74, 6) is 0.672. The highest BCUT2D eigenvalue weighted by atomic mass is 35.5. The minimum absolute atomic E-state index is 0.617. The fraction of sp³-hybridized carbons (Fsp3) is 0.647. The molecule has 1 aromatic rings. The smallest absolute Gasteiger partial charge is 0.0406 e. The fourth-order valence-electron chi connectivity index (χ4n) is 2.91. The zero-order valence-electron chi connectivity index (χ0n) is 13.5. The molecule has 21 heavy (non-hydrogen) atoms. The fourth-order valence-corrected chi connectivity index (χ4v) is 3.03. The Morgan fingerprint density at radius 3 is 2.29 bits per heavy atom. The highest BCUT2D eigenvalue weighted by Crippen LogP contribution is 2.13. The van der Waals surface area contributed by atoms with E-state index in [0.29, 0.717) is 12.0 Å². The summed E-state index contributed by atoms with van der Waals surface area (Å²) in [6.45, 7) is 11.3. The SMILES string of the molecule is CC(C)C(CNCc1ccc(Cl)cc1)N1CCN(C)CC1. The van der Waals surface area contributed by atoms with E-state index in [9.17, 15) is 0 Å². The van der Waals surface area contributed by atoms with E-state index >= 15 is 0 Å². The molecule has 1 unspecified atom stereocenters. The van der Waals surface area contributed by atoms with E-state index in [1.165, 1.54) is 31.7 Å². The lowest BCUT2D eigenvalue weighted by Crippen LogP contribution is -2.53. The van der Waals surface area contributed by atoms with E-state index in [0.717, 1.165) is 18.1 Å². The number of nitrogens with zero attached hydrogens (tertiary/aromatic N) is 2. The Morgan fingerprint density at radius 2 is 1.71 bits per heavy atom. The molecule has 1 saturated heterocycles. The average Bonchev–Trinajstić information content (AvgIpc) is 2.46. The predicted molar refractivity (Wildman–Crippen MR) is 90.9 cm³/mol. The molecule has 0 spiro atoms. The van der Waals surface area contributed by atoms with Crippen molar-refractivity contribution in [2.45, 2.75) is 26.4 Å². The number of hydrogen-bond acceptors (Lipinski definition) is 3. The molecule has 1 aromatic carbocycles. The molecule has 0 aromatic heterocycles. The topological polar surface area (TPSA) is 18.5 Å². The molecule has 4 heteroatoms. The Bertz CT molecular complexity index is 411. The van der Waals surface area contributed by atoms with Crippen molar-refractivity contribution in [2.75, 3.05) is 39.8 Å². The lowest BCUT2D eigenvalue weighted by Gasteiger charge is -2.40. The van der Waals surface area contributed by atoms with Crippen LogP contribution >= 0.6 is 11.6 Å². The predicted octanol–water partition coefficient (Wildman–Crippen LogP) is 2.70. The molecule has 0 amide bonds. The third-order valence-corrected chi connectivity index (χ3v) is 4.62. The van der Waals surface area contributed by atoms with E-state index in [1.807, 2.05) is 12.1 Å². The summed E-state index contributed by atoms with van der Waals surface area (Å²) in [6, 6.07) is 8.72. The summed E-state index contributed by atoms with van der Waals surface area (Å²) in [7, 11) is 2.21. The molecule has 0 saturated carbocycles. The van der Waals surface area contributed by atoms with Crippen LogP contribution in [0.3, 0.4) is 0 Å². The molecular weight excluding hydrogens is 282 g/mol. The standard InChI is InChI=1S/C17H28ClN3/c1-14(2)17(21-10-8-20(3)9-11-21)13-19-12-15-4-6-16(18)7-5-15/h4-7,14,17,19H,8-13H2,1-3H3. The van der Waals surface area contributed by atoms with Crippen LogP contribution in [0.25, 0.3) is 0 Å². The maximum absolute atomic E-state index is 5.92. The van der Waals surface area contributed by atoms with Gasteiger partial charge in [-0.25, -0.2) is 0 Å². The van der Waals surface area contributed by atoms with Gasteiger partial charge in [0.1, 0.15) is 0 Å². The second-order valence-corrected chi connectivity index (χ2v) is 6.84. The molecule has 1 heterocycles. The second-order valence-electron chi connectivity index (χ2n) is 6.41. The maximum atomic E-state index is 5.92. The van der Waals surface area contributed by atoms with Crippen LogP contribution in [0.4, 0.5) is 0 Å². The summed E-state index contributed by atoms with van der Waals surface area (Å²) >= 11 is 5.92. The molecule has 1 fully saturated rings. The number of nitrogens with one attached hydrogen (secondary N) is 1. The molecule has 1 aliphatic rings. The van der Waals surface area contributed by atoms with Crippen LogP contribution < -0.4 is 5.32 Å². The number of hydrogen-bond donors (Lipinski definition) is 1. The minimum Gasteiger partial charge on any atom is -0.311 e. The van der Waals surface area contributed by atoms with Gasteiger partial charge in [0, 0.05) is 50.3 Å². The molecule has 1 N–H and O–H groups in total. The number of piperazine rings is 1. The number of rotatable bonds is 6. The lowest BCUT2D eigenvalue weighted by molar-refractivity contribution is 0.0875. The molecular formula is C17H28ClN3. The van der Waals surface area contributed by atoms with Crippen LogP contribution in [0.1, 0.15) is 19.4 Å². The van der Waals surface area contributed by atoms with Crippen molar-refractivity contribution >= 4 is 11.6 Å². The summed E-state index contributed by atoms with van der Waals surface area (Å²) in [5.41, 5.74) is 1.29. The van der Waals surface area contributed by atoms with Crippen molar-refractivity contribution in [1.82, 2.24) is 15.1 Å². The van der Waals surface area contributed by atoms with Crippen LogP contribution in [0, 0.1) is 5.92 Å². The zero-order chi connectivity index (χ0) is 15.2. The third kappa shape index (κ3) is 5.26. The first-order chi connectivity index (χ1) is 10.1. The van der Waals surface area contributed by atoms with Crippen molar-refractivity contribution in [3.63, 3.8) is 0 Å². The van der Waals surface area contributed by atoms with Crippen molar-refractivity contribution in [3.8, 4) is 0 Å². The molecule has 0 bridgehead atoms. The van der Waals surface area contributed by atoms with Gasteiger partial charge in [-0.2, -0.15) is 0 Å². The Kier molecular flexibility index (Phi) is 6.49. The van der Waals surface area contributed by atoms with Gasteiger partial charge in [-0.3, -0.25) is 4.90 Å². The van der Waals surface area contributed by atoms with Crippen molar-refractivity contribution in [1.29, 1.82) is 0 Å². The summed E-state index contributed by atoms with van der Waals surface area (Å²) < 4.78 is 0. The number of benzene rings is 1. The summed E-state index contributed by atoms with van der Waals surface area (Å²) in [4.78, 5) is 5.05. The van der Waals surface area contributed by atoms with Gasteiger partial charge in [0.25, 0.3) is 0 Å². The van der Waals surface area contributed by atoms with Crippen LogP contribution in [0.15, 0.2) is 24.3 Å². The molecule has 1 atom stereocenters. The van der Waals surface area contributed by atoms with Gasteiger partial charge >= 0.3 is 0 Å². The van der Waals surface area contributed by atoms with Crippen molar-refractivity contribution < 1.29 is 0 Å². The van der Waals surface area contributed by atoms with E-state index < -0.39 is 0 Å². The Balaban J connectivity index is 1.81. The maximum Gasteiger partial charge on any atom is 0.0406 e. The highest BCUT2D eigenvalue weighted by molar-refractivity contribution is 6.30. The lowest BCUT2D eigenvalue weighted by atomic mass is 10.0. The molecule has 0 radical (unpaired) electrons. The van der Waals surface area contributed by atoms with Crippen LogP contribution in [-0.2, 0) is 6.54 Å². The molecule has 1 aliphatic heterocycles. The summed E-state index contributed by atoms with van der Waals surface area (Å²) in [5, 5.41) is 4.41. The van der Waals surface area contributed by atoms with E-state index in [-0.39, 0.29) is 0 Å². The first kappa shape index (κ1) is 16.8. The Labute approximate surface area is 134 Å². The van der Waals surface area contributed by atoms with Crippen LogP contribution in [0.5, 0.6) is 0 Å². The van der Waals surface area contributed by atoms with Gasteiger partial charge in [0.05, 0.1) is 0 Å². The Hall–Kier alpha value is -0.610. The third-order valence-electron chi connectivity index (χ3n) is 4.37. The Morgan fingerprint density at radius 1 is 1.10 bits per heavy atom. The summed E-state index contributed by atoms with van der Waals surface area (Å²) in [6.07, 6.45) is 0. The van der Waals surface area contributed by atoms with Crippen molar-refractivity contribution in [3.05, 3.63) is 34.9 Å². The first-order valence-corrected chi connectivity index (χ1v) is 8.32. The quantitative estimate of drug-likeness (QED) is 0.871. The van der Waals surface area contributed by atoms with E-state index in [2.05, 4.69) is 48.1 Å². The largest absolute Gasteiger partial charge is 0.311 e. The molecule has 0 aliphatic carbocycles. The van der Waals surface area contributed by atoms with Gasteiger partial charge < -0.3 is 10.2 Å². The zero-order valence-corrected chi connectivity index (χ0v) is 14.2. The van der Waals surface area contributed by atoms with Crippen molar-refractivity contribution in [2.24, 2.45) is 5.92 Å². The molecule has 3 nitrogen and oxygen atoms in total. The highest BCUT2D eigenvalue weighted by Gasteiger charge is 2.24. The first-order valence-electron chi connectivity index (χ1n) is 7.94. The van der Waals surface area contributed by atoms with E-state index in [4.69, 9.17) is 11.6 Å². The molecule has 2 rings (SSSR count). The van der Waals surface area contributed by atoms with E-state index in [1.54, 1.807) is 0 Å². The average molecular weight is 310 g/mol. The molecule has 118 valence electrons. The minimum atomic E-state index is 0.617. The monoisotopic (exact) mass is 309 g/mol. The van der Waals surface area contributed by atoms with Gasteiger partial charge in [-0.05, 0) is 30.7 Å². The van der Waals surface area contributed by atoms with Gasteiger partial charge in [0.15, 0.2) is 0 Å². The van der Waals surface area contributed by atoms with Gasteiger partial charge in [-0.15, -0.1) is 0 Å². The number of likely N-dealkylation sites (N-methyl/N-ethyl adjacent to an activating group) is 1. The van der Waals surface area contributed by atoms with Gasteiger partial charge in [-0.1, -0.05) is 37.6 Å². The van der Waals surface area contributed by atoms with Crippen LogP contribution in [0.2, 0.25) is 5.02 Å². The van der Waals surface area contributed by atoms with Gasteiger partial charge in [0.2, 0.25) is 0 Å². The normalized spacial score (nSPS) is 19.1. The second kappa shape index (κ2) is 8.14. The van der Waals surface area contributed by atoms with Crippen LogP contribution in [-0.4, -0.2) is 55.6 Å². The number of halogens is 1.